The lowest BCUT2D eigenvalue weighted by atomic mass is 9.74. The Balaban J connectivity index is 1.73. The average Bonchev–Trinajstić information content (AvgIpc) is 2.83. The van der Waals surface area contributed by atoms with Crippen molar-refractivity contribution in [3.05, 3.63) is 33.8 Å². The van der Waals surface area contributed by atoms with E-state index in [1.54, 1.807) is 32.0 Å². The van der Waals surface area contributed by atoms with Crippen LogP contribution < -0.4 is 5.32 Å². The number of amides is 3. The zero-order valence-corrected chi connectivity index (χ0v) is 17.2. The van der Waals surface area contributed by atoms with Gasteiger partial charge in [-0.25, -0.2) is 4.79 Å². The van der Waals surface area contributed by atoms with Gasteiger partial charge in [0.15, 0.2) is 0 Å². The Morgan fingerprint density at radius 1 is 1.25 bits per heavy atom. The Morgan fingerprint density at radius 3 is 2.50 bits per heavy atom. The van der Waals surface area contributed by atoms with Crippen LogP contribution in [-0.2, 0) is 24.5 Å². The molecule has 2 heterocycles. The largest absolute Gasteiger partial charge is 0.463 e. The number of imide groups is 1. The van der Waals surface area contributed by atoms with Gasteiger partial charge in [0, 0.05) is 23.3 Å². The fraction of sp³-hybridized carbons (Fsp3) is 0.526. The minimum atomic E-state index is -0.958. The van der Waals surface area contributed by atoms with E-state index >= 15 is 0 Å². The van der Waals surface area contributed by atoms with Crippen molar-refractivity contribution >= 4 is 41.1 Å². The first kappa shape index (κ1) is 20.9. The number of hydrogen-bond donors (Lipinski definition) is 1. The SMILES string of the molecule is CC1(C)NC(=O)N(CCOC(=O)C2(c3ccc(Cl)cc3Cl)CCOCC2)C1=O. The van der Waals surface area contributed by atoms with Crippen LogP contribution in [0.25, 0.3) is 0 Å². The molecule has 2 aliphatic heterocycles. The number of nitrogens with one attached hydrogen (secondary N) is 1. The van der Waals surface area contributed by atoms with E-state index in [0.29, 0.717) is 41.7 Å². The molecule has 3 amide bonds. The van der Waals surface area contributed by atoms with Crippen molar-refractivity contribution in [2.75, 3.05) is 26.4 Å². The highest BCUT2D eigenvalue weighted by atomic mass is 35.5. The van der Waals surface area contributed by atoms with E-state index in [0.717, 1.165) is 4.90 Å². The molecule has 2 saturated heterocycles. The smallest absolute Gasteiger partial charge is 0.325 e. The van der Waals surface area contributed by atoms with Gasteiger partial charge in [-0.1, -0.05) is 29.3 Å². The van der Waals surface area contributed by atoms with E-state index < -0.39 is 23.0 Å². The maximum absolute atomic E-state index is 13.0. The van der Waals surface area contributed by atoms with Crippen LogP contribution in [0.3, 0.4) is 0 Å². The summed E-state index contributed by atoms with van der Waals surface area (Å²) in [5.41, 5.74) is -1.26. The zero-order valence-electron chi connectivity index (χ0n) is 15.7. The summed E-state index contributed by atoms with van der Waals surface area (Å²) in [6.45, 7) is 3.94. The third-order valence-electron chi connectivity index (χ3n) is 5.18. The van der Waals surface area contributed by atoms with Crippen LogP contribution in [0.15, 0.2) is 18.2 Å². The van der Waals surface area contributed by atoms with Crippen molar-refractivity contribution in [1.29, 1.82) is 0 Å². The highest BCUT2D eigenvalue weighted by Crippen LogP contribution is 2.40. The lowest BCUT2D eigenvalue weighted by Crippen LogP contribution is -2.44. The van der Waals surface area contributed by atoms with Gasteiger partial charge in [-0.15, -0.1) is 0 Å². The van der Waals surface area contributed by atoms with Crippen molar-refractivity contribution in [2.24, 2.45) is 0 Å². The number of carbonyl (C=O) groups excluding carboxylic acids is 3. The van der Waals surface area contributed by atoms with Gasteiger partial charge in [-0.3, -0.25) is 14.5 Å². The highest BCUT2D eigenvalue weighted by molar-refractivity contribution is 6.35. The number of esters is 1. The molecule has 1 N–H and O–H groups in total. The summed E-state index contributed by atoms with van der Waals surface area (Å²) in [6.07, 6.45) is 0.840. The van der Waals surface area contributed by atoms with E-state index in [-0.39, 0.29) is 19.1 Å². The summed E-state index contributed by atoms with van der Waals surface area (Å²) in [5, 5.41) is 3.46. The molecule has 2 aliphatic rings. The van der Waals surface area contributed by atoms with Gasteiger partial charge in [0.05, 0.1) is 12.0 Å². The molecular formula is C19H22Cl2N2O5. The molecule has 3 rings (SSSR count). The predicted octanol–water partition coefficient (Wildman–Crippen LogP) is 2.92. The molecule has 152 valence electrons. The third-order valence-corrected chi connectivity index (χ3v) is 5.72. The Morgan fingerprint density at radius 2 is 1.93 bits per heavy atom. The maximum Gasteiger partial charge on any atom is 0.325 e. The van der Waals surface area contributed by atoms with E-state index in [4.69, 9.17) is 32.7 Å². The second-order valence-corrected chi connectivity index (χ2v) is 8.31. The third kappa shape index (κ3) is 3.83. The van der Waals surface area contributed by atoms with Crippen LogP contribution in [0.2, 0.25) is 10.0 Å². The van der Waals surface area contributed by atoms with E-state index in [9.17, 15) is 14.4 Å². The minimum absolute atomic E-state index is 0.0131. The van der Waals surface area contributed by atoms with Gasteiger partial charge >= 0.3 is 12.0 Å². The van der Waals surface area contributed by atoms with Crippen molar-refractivity contribution in [3.8, 4) is 0 Å². The summed E-state index contributed by atoms with van der Waals surface area (Å²) in [6, 6.07) is 4.52. The lowest BCUT2D eigenvalue weighted by molar-refractivity contribution is -0.155. The molecule has 1 aromatic rings. The Hall–Kier alpha value is -1.83. The van der Waals surface area contributed by atoms with Gasteiger partial charge in [-0.05, 0) is 44.4 Å². The molecule has 9 heteroatoms. The molecule has 2 fully saturated rings. The summed E-state index contributed by atoms with van der Waals surface area (Å²) in [5.74, 6) is -0.804. The number of carbonyl (C=O) groups is 3. The van der Waals surface area contributed by atoms with Crippen LogP contribution in [-0.4, -0.2) is 54.7 Å². The zero-order chi connectivity index (χ0) is 20.5. The molecule has 28 heavy (non-hydrogen) atoms. The predicted molar refractivity (Wildman–Crippen MR) is 103 cm³/mol. The van der Waals surface area contributed by atoms with Gasteiger partial charge in [0.1, 0.15) is 12.1 Å². The number of halogens is 2. The first-order valence-corrected chi connectivity index (χ1v) is 9.77. The molecule has 0 spiro atoms. The molecule has 0 aromatic heterocycles. The molecule has 7 nitrogen and oxygen atoms in total. The van der Waals surface area contributed by atoms with Crippen LogP contribution in [0.1, 0.15) is 32.3 Å². The molecule has 0 saturated carbocycles. The van der Waals surface area contributed by atoms with Gasteiger partial charge in [0.25, 0.3) is 5.91 Å². The van der Waals surface area contributed by atoms with Gasteiger partial charge in [0.2, 0.25) is 0 Å². The topological polar surface area (TPSA) is 84.9 Å². The summed E-state index contributed by atoms with van der Waals surface area (Å²) in [7, 11) is 0. The number of ether oxygens (including phenoxy) is 2. The Bertz CT molecular complexity index is 806. The van der Waals surface area contributed by atoms with Crippen molar-refractivity contribution in [1.82, 2.24) is 10.2 Å². The highest BCUT2D eigenvalue weighted by Gasteiger charge is 2.46. The fourth-order valence-corrected chi connectivity index (χ4v) is 4.16. The molecule has 0 atom stereocenters. The fourth-order valence-electron chi connectivity index (χ4n) is 3.57. The molecule has 0 radical (unpaired) electrons. The molecule has 0 unspecified atom stereocenters. The number of nitrogens with zero attached hydrogens (tertiary/aromatic N) is 1. The minimum Gasteiger partial charge on any atom is -0.463 e. The van der Waals surface area contributed by atoms with E-state index in [2.05, 4.69) is 5.32 Å². The quantitative estimate of drug-likeness (QED) is 0.575. The summed E-state index contributed by atoms with van der Waals surface area (Å²) in [4.78, 5) is 38.3. The van der Waals surface area contributed by atoms with E-state index in [1.165, 1.54) is 0 Å². The number of urea groups is 1. The van der Waals surface area contributed by atoms with Gasteiger partial charge in [-0.2, -0.15) is 0 Å². The maximum atomic E-state index is 13.0. The van der Waals surface area contributed by atoms with Crippen molar-refractivity contribution in [3.63, 3.8) is 0 Å². The van der Waals surface area contributed by atoms with Crippen LogP contribution in [0.4, 0.5) is 4.79 Å². The van der Waals surface area contributed by atoms with Gasteiger partial charge < -0.3 is 14.8 Å². The summed E-state index contributed by atoms with van der Waals surface area (Å²) >= 11 is 12.4. The molecular weight excluding hydrogens is 407 g/mol. The van der Waals surface area contributed by atoms with Crippen LogP contribution in [0.5, 0.6) is 0 Å². The van der Waals surface area contributed by atoms with Crippen LogP contribution in [0, 0.1) is 0 Å². The van der Waals surface area contributed by atoms with E-state index in [1.807, 2.05) is 0 Å². The Labute approximate surface area is 173 Å². The number of rotatable bonds is 5. The first-order chi connectivity index (χ1) is 13.2. The van der Waals surface area contributed by atoms with Crippen LogP contribution >= 0.6 is 23.2 Å². The standard InChI is InChI=1S/C19H22Cl2N2O5/c1-18(2)15(24)23(17(26)22-18)7-10-28-16(25)19(5-8-27-9-6-19)13-4-3-12(20)11-14(13)21/h3-4,11H,5-10H2,1-2H3,(H,22,26). The molecule has 0 aliphatic carbocycles. The Kier molecular flexibility index (Phi) is 5.89. The number of hydrogen-bond acceptors (Lipinski definition) is 5. The average molecular weight is 429 g/mol. The second-order valence-electron chi connectivity index (χ2n) is 7.47. The lowest BCUT2D eigenvalue weighted by Gasteiger charge is -2.36. The normalized spacial score (nSPS) is 20.8. The molecule has 0 bridgehead atoms. The first-order valence-electron chi connectivity index (χ1n) is 9.02. The molecule has 1 aromatic carbocycles. The van der Waals surface area contributed by atoms with Crippen molar-refractivity contribution < 1.29 is 23.9 Å². The summed E-state index contributed by atoms with van der Waals surface area (Å²) < 4.78 is 10.9. The second kappa shape index (κ2) is 7.89. The number of benzene rings is 1. The van der Waals surface area contributed by atoms with Crippen molar-refractivity contribution in [2.45, 2.75) is 37.6 Å². The monoisotopic (exact) mass is 428 g/mol.